The highest BCUT2D eigenvalue weighted by Crippen LogP contribution is 2.11. The lowest BCUT2D eigenvalue weighted by Gasteiger charge is -2.12. The number of pyridine rings is 2. The number of amides is 1. The van der Waals surface area contributed by atoms with E-state index in [0.29, 0.717) is 12.2 Å². The normalized spacial score (nSPS) is 10.0. The fraction of sp³-hybridized carbons (Fsp3) is 0.214. The number of carbonyl (C=O) groups is 1. The minimum Gasteiger partial charge on any atom is -0.363 e. The number of hydrogen-bond acceptors (Lipinski definition) is 4. The van der Waals surface area contributed by atoms with Crippen LogP contribution < -0.4 is 10.2 Å². The first-order valence-electron chi connectivity index (χ1n) is 5.98. The maximum absolute atomic E-state index is 11.9. The van der Waals surface area contributed by atoms with Crippen LogP contribution in [0.1, 0.15) is 5.56 Å². The summed E-state index contributed by atoms with van der Waals surface area (Å²) in [5.41, 5.74) is 0.878. The fourth-order valence-corrected chi connectivity index (χ4v) is 1.62. The van der Waals surface area contributed by atoms with Gasteiger partial charge in [0.05, 0.1) is 6.42 Å². The summed E-state index contributed by atoms with van der Waals surface area (Å²) in [6.45, 7) is 0. The quantitative estimate of drug-likeness (QED) is 0.905. The zero-order valence-corrected chi connectivity index (χ0v) is 11.0. The summed E-state index contributed by atoms with van der Waals surface area (Å²) in [4.78, 5) is 22.1. The Balaban J connectivity index is 2.01. The molecule has 2 rings (SSSR count). The molecule has 0 aliphatic carbocycles. The standard InChI is InChI=1S/C14H16N4O/c1-18(2)13-7-3-6-12(16-13)17-14(19)9-11-5-4-8-15-10-11/h3-8,10H,9H2,1-2H3,(H,16,17,19). The predicted molar refractivity (Wildman–Crippen MR) is 75.1 cm³/mol. The number of anilines is 2. The van der Waals surface area contributed by atoms with Gasteiger partial charge in [-0.05, 0) is 23.8 Å². The molecule has 0 aliphatic rings. The zero-order valence-electron chi connectivity index (χ0n) is 11.0. The summed E-state index contributed by atoms with van der Waals surface area (Å²) in [7, 11) is 3.81. The molecular formula is C14H16N4O. The van der Waals surface area contributed by atoms with Gasteiger partial charge in [-0.25, -0.2) is 4.98 Å². The molecule has 0 fully saturated rings. The Bertz CT molecular complexity index is 554. The lowest BCUT2D eigenvalue weighted by atomic mass is 10.2. The summed E-state index contributed by atoms with van der Waals surface area (Å²) >= 11 is 0. The smallest absolute Gasteiger partial charge is 0.230 e. The summed E-state index contributed by atoms with van der Waals surface area (Å²) in [5.74, 6) is 1.26. The van der Waals surface area contributed by atoms with E-state index in [9.17, 15) is 4.79 Å². The van der Waals surface area contributed by atoms with Gasteiger partial charge in [-0.3, -0.25) is 9.78 Å². The minimum atomic E-state index is -0.101. The molecule has 0 radical (unpaired) electrons. The van der Waals surface area contributed by atoms with Crippen LogP contribution in [0.15, 0.2) is 42.7 Å². The highest BCUT2D eigenvalue weighted by Gasteiger charge is 2.06. The van der Waals surface area contributed by atoms with Crippen LogP contribution in [0.2, 0.25) is 0 Å². The van der Waals surface area contributed by atoms with Crippen LogP contribution in [0.5, 0.6) is 0 Å². The van der Waals surface area contributed by atoms with Gasteiger partial charge in [-0.1, -0.05) is 12.1 Å². The topological polar surface area (TPSA) is 58.1 Å². The molecule has 5 heteroatoms. The molecule has 0 unspecified atom stereocenters. The third kappa shape index (κ3) is 3.77. The SMILES string of the molecule is CN(C)c1cccc(NC(=O)Cc2cccnc2)n1. The number of nitrogens with one attached hydrogen (secondary N) is 1. The maximum atomic E-state index is 11.9. The van der Waals surface area contributed by atoms with Crippen molar-refractivity contribution < 1.29 is 4.79 Å². The van der Waals surface area contributed by atoms with E-state index in [2.05, 4.69) is 15.3 Å². The number of rotatable bonds is 4. The zero-order chi connectivity index (χ0) is 13.7. The molecule has 0 atom stereocenters. The monoisotopic (exact) mass is 256 g/mol. The van der Waals surface area contributed by atoms with Gasteiger partial charge >= 0.3 is 0 Å². The van der Waals surface area contributed by atoms with Crippen LogP contribution >= 0.6 is 0 Å². The van der Waals surface area contributed by atoms with Crippen LogP contribution in [0.4, 0.5) is 11.6 Å². The van der Waals surface area contributed by atoms with Crippen molar-refractivity contribution in [3.8, 4) is 0 Å². The van der Waals surface area contributed by atoms with Gasteiger partial charge in [0.25, 0.3) is 0 Å². The van der Waals surface area contributed by atoms with Crippen molar-refractivity contribution in [3.63, 3.8) is 0 Å². The summed E-state index contributed by atoms with van der Waals surface area (Å²) in [5, 5.41) is 2.78. The first kappa shape index (κ1) is 13.0. The van der Waals surface area contributed by atoms with Crippen molar-refractivity contribution in [2.24, 2.45) is 0 Å². The summed E-state index contributed by atoms with van der Waals surface area (Å²) in [6, 6.07) is 9.21. The van der Waals surface area contributed by atoms with Crippen LogP contribution in [0.25, 0.3) is 0 Å². The van der Waals surface area contributed by atoms with Gasteiger partial charge in [0.1, 0.15) is 11.6 Å². The number of carbonyl (C=O) groups excluding carboxylic acids is 1. The molecule has 98 valence electrons. The van der Waals surface area contributed by atoms with E-state index in [1.807, 2.05) is 43.3 Å². The second-order valence-electron chi connectivity index (χ2n) is 4.36. The van der Waals surface area contributed by atoms with Crippen LogP contribution in [0, 0.1) is 0 Å². The van der Waals surface area contributed by atoms with Gasteiger partial charge in [0.2, 0.25) is 5.91 Å². The highest BCUT2D eigenvalue weighted by molar-refractivity contribution is 5.91. The Morgan fingerprint density at radius 3 is 2.79 bits per heavy atom. The average Bonchev–Trinajstić information content (AvgIpc) is 2.40. The Kier molecular flexibility index (Phi) is 4.07. The Morgan fingerprint density at radius 1 is 1.26 bits per heavy atom. The molecule has 1 N–H and O–H groups in total. The van der Waals surface area contributed by atoms with E-state index < -0.39 is 0 Å². The summed E-state index contributed by atoms with van der Waals surface area (Å²) in [6.07, 6.45) is 3.66. The molecule has 0 saturated heterocycles. The number of nitrogens with zero attached hydrogens (tertiary/aromatic N) is 3. The predicted octanol–water partition coefficient (Wildman–Crippen LogP) is 1.72. The van der Waals surface area contributed by atoms with Gasteiger partial charge in [-0.2, -0.15) is 0 Å². The van der Waals surface area contributed by atoms with Crippen molar-refractivity contribution >= 4 is 17.5 Å². The van der Waals surface area contributed by atoms with Crippen LogP contribution in [-0.4, -0.2) is 30.0 Å². The molecule has 1 amide bonds. The molecule has 2 heterocycles. The van der Waals surface area contributed by atoms with Gasteiger partial charge in [-0.15, -0.1) is 0 Å². The summed E-state index contributed by atoms with van der Waals surface area (Å²) < 4.78 is 0. The molecule has 0 bridgehead atoms. The van der Waals surface area contributed by atoms with Crippen molar-refractivity contribution in [2.75, 3.05) is 24.3 Å². The van der Waals surface area contributed by atoms with Gasteiger partial charge < -0.3 is 10.2 Å². The molecule has 2 aromatic heterocycles. The molecule has 0 aliphatic heterocycles. The minimum absolute atomic E-state index is 0.101. The van der Waals surface area contributed by atoms with Crippen molar-refractivity contribution in [1.82, 2.24) is 9.97 Å². The molecule has 0 spiro atoms. The maximum Gasteiger partial charge on any atom is 0.230 e. The van der Waals surface area contributed by atoms with E-state index in [-0.39, 0.29) is 5.91 Å². The Labute approximate surface area is 112 Å². The van der Waals surface area contributed by atoms with E-state index in [4.69, 9.17) is 0 Å². The first-order valence-corrected chi connectivity index (χ1v) is 5.98. The van der Waals surface area contributed by atoms with Gasteiger partial charge in [0, 0.05) is 26.5 Å². The van der Waals surface area contributed by atoms with Crippen LogP contribution in [0.3, 0.4) is 0 Å². The van der Waals surface area contributed by atoms with E-state index >= 15 is 0 Å². The van der Waals surface area contributed by atoms with Gasteiger partial charge in [0.15, 0.2) is 0 Å². The first-order chi connectivity index (χ1) is 9.15. The fourth-order valence-electron chi connectivity index (χ4n) is 1.62. The highest BCUT2D eigenvalue weighted by atomic mass is 16.1. The molecular weight excluding hydrogens is 240 g/mol. The third-order valence-electron chi connectivity index (χ3n) is 2.55. The largest absolute Gasteiger partial charge is 0.363 e. The van der Waals surface area contributed by atoms with Crippen molar-refractivity contribution in [2.45, 2.75) is 6.42 Å². The van der Waals surface area contributed by atoms with E-state index in [1.165, 1.54) is 0 Å². The molecule has 19 heavy (non-hydrogen) atoms. The lowest BCUT2D eigenvalue weighted by Crippen LogP contribution is -2.17. The van der Waals surface area contributed by atoms with E-state index in [0.717, 1.165) is 11.4 Å². The number of aromatic nitrogens is 2. The van der Waals surface area contributed by atoms with E-state index in [1.54, 1.807) is 18.5 Å². The number of hydrogen-bond donors (Lipinski definition) is 1. The molecule has 5 nitrogen and oxygen atoms in total. The third-order valence-corrected chi connectivity index (χ3v) is 2.55. The van der Waals surface area contributed by atoms with Crippen LogP contribution in [-0.2, 0) is 11.2 Å². The molecule has 0 saturated carbocycles. The lowest BCUT2D eigenvalue weighted by molar-refractivity contribution is -0.115. The van der Waals surface area contributed by atoms with Crippen molar-refractivity contribution in [1.29, 1.82) is 0 Å². The van der Waals surface area contributed by atoms with Crippen molar-refractivity contribution in [3.05, 3.63) is 48.3 Å². The average molecular weight is 256 g/mol. The molecule has 0 aromatic carbocycles. The second kappa shape index (κ2) is 5.95. The molecule has 2 aromatic rings. The Morgan fingerprint density at radius 2 is 2.11 bits per heavy atom. The Hall–Kier alpha value is -2.43. The second-order valence-corrected chi connectivity index (χ2v) is 4.36.